The number of fused-ring (bicyclic) bond motifs is 3. The van der Waals surface area contributed by atoms with Crippen LogP contribution >= 0.6 is 0 Å². The molecule has 1 aliphatic rings. The van der Waals surface area contributed by atoms with Crippen LogP contribution in [0.5, 0.6) is 0 Å². The molecule has 1 aromatic heterocycles. The maximum absolute atomic E-state index is 4.42. The molecule has 4 rings (SSSR count). The number of nitrogens with zero attached hydrogens (tertiary/aromatic N) is 2. The second-order valence-electron chi connectivity index (χ2n) is 4.80. The predicted octanol–water partition coefficient (Wildman–Crippen LogP) is 3.99. The highest BCUT2D eigenvalue weighted by molar-refractivity contribution is 5.98. The van der Waals surface area contributed by atoms with Gasteiger partial charge in [-0.05, 0) is 58.3 Å². The Morgan fingerprint density at radius 1 is 0.947 bits per heavy atom. The molecule has 0 saturated carbocycles. The van der Waals surface area contributed by atoms with Crippen molar-refractivity contribution in [3.63, 3.8) is 0 Å². The van der Waals surface area contributed by atoms with Crippen molar-refractivity contribution in [2.45, 2.75) is 6.54 Å². The van der Waals surface area contributed by atoms with Crippen LogP contribution in [0.25, 0.3) is 27.8 Å². The molecule has 0 atom stereocenters. The smallest absolute Gasteiger partial charge is 0.0708 e. The summed E-state index contributed by atoms with van der Waals surface area (Å²) in [5, 5.41) is 3.67. The van der Waals surface area contributed by atoms with Crippen LogP contribution < -0.4 is 0 Å². The maximum atomic E-state index is 4.42. The Balaban J connectivity index is 2.06. The molecule has 2 heterocycles. The summed E-state index contributed by atoms with van der Waals surface area (Å²) in [6, 6.07) is 12.9. The molecule has 2 aromatic carbocycles. The SMILES string of the molecule is C1=Cc2cc3cc4cccnc4cc3cc2CN=C1. The van der Waals surface area contributed by atoms with Gasteiger partial charge in [0, 0.05) is 17.8 Å². The lowest BCUT2D eigenvalue weighted by Gasteiger charge is -2.07. The van der Waals surface area contributed by atoms with Crippen LogP contribution in [-0.2, 0) is 6.54 Å². The van der Waals surface area contributed by atoms with Gasteiger partial charge in [-0.2, -0.15) is 0 Å². The van der Waals surface area contributed by atoms with Crippen molar-refractivity contribution in [1.82, 2.24) is 4.98 Å². The Morgan fingerprint density at radius 3 is 2.89 bits per heavy atom. The molecule has 0 unspecified atom stereocenters. The highest BCUT2D eigenvalue weighted by atomic mass is 14.7. The quantitative estimate of drug-likeness (QED) is 0.549. The zero-order valence-electron chi connectivity index (χ0n) is 10.4. The van der Waals surface area contributed by atoms with Gasteiger partial charge in [-0.15, -0.1) is 0 Å². The Morgan fingerprint density at radius 2 is 1.89 bits per heavy atom. The molecule has 0 saturated heterocycles. The summed E-state index contributed by atoms with van der Waals surface area (Å²) in [5.41, 5.74) is 3.57. The Hall–Kier alpha value is -2.48. The van der Waals surface area contributed by atoms with E-state index in [1.807, 2.05) is 24.6 Å². The van der Waals surface area contributed by atoms with E-state index in [4.69, 9.17) is 0 Å². The third kappa shape index (κ3) is 1.73. The van der Waals surface area contributed by atoms with E-state index in [2.05, 4.69) is 46.4 Å². The molecular weight excluding hydrogens is 232 g/mol. The summed E-state index contributed by atoms with van der Waals surface area (Å²) in [6.07, 6.45) is 7.83. The number of benzene rings is 2. The summed E-state index contributed by atoms with van der Waals surface area (Å²) in [7, 11) is 0. The second-order valence-corrected chi connectivity index (χ2v) is 4.80. The fourth-order valence-electron chi connectivity index (χ4n) is 2.59. The van der Waals surface area contributed by atoms with E-state index in [9.17, 15) is 0 Å². The van der Waals surface area contributed by atoms with E-state index in [1.54, 1.807) is 0 Å². The predicted molar refractivity (Wildman–Crippen MR) is 80.5 cm³/mol. The molecule has 3 aromatic rings. The average Bonchev–Trinajstić information content (AvgIpc) is 2.67. The lowest BCUT2D eigenvalue weighted by molar-refractivity contribution is 1.08. The zero-order valence-corrected chi connectivity index (χ0v) is 10.4. The second kappa shape index (κ2) is 4.02. The van der Waals surface area contributed by atoms with Gasteiger partial charge < -0.3 is 0 Å². The first-order valence-corrected chi connectivity index (χ1v) is 6.38. The number of aromatic nitrogens is 1. The van der Waals surface area contributed by atoms with Crippen LogP contribution in [0.2, 0.25) is 0 Å². The monoisotopic (exact) mass is 244 g/mol. The van der Waals surface area contributed by atoms with Crippen LogP contribution in [0.1, 0.15) is 11.1 Å². The number of pyridine rings is 1. The molecule has 90 valence electrons. The minimum Gasteiger partial charge on any atom is -0.288 e. The van der Waals surface area contributed by atoms with Gasteiger partial charge in [0.05, 0.1) is 12.1 Å². The topological polar surface area (TPSA) is 25.2 Å². The standard InChI is InChI=1S/C17H12N2/c1-3-12-7-14-8-13-4-2-6-19-17(13)10-15(14)9-16(12)11-18-5-1/h1-10H,11H2. The van der Waals surface area contributed by atoms with Crippen LogP contribution in [0.15, 0.2) is 53.7 Å². The number of aliphatic imine (C=N–C) groups is 1. The molecule has 0 bridgehead atoms. The molecule has 2 heteroatoms. The van der Waals surface area contributed by atoms with Crippen molar-refractivity contribution >= 4 is 34.0 Å². The van der Waals surface area contributed by atoms with Crippen molar-refractivity contribution < 1.29 is 0 Å². The van der Waals surface area contributed by atoms with Gasteiger partial charge in [-0.1, -0.05) is 12.1 Å². The molecule has 0 spiro atoms. The fraction of sp³-hybridized carbons (Fsp3) is 0.0588. The van der Waals surface area contributed by atoms with Crippen LogP contribution in [0.4, 0.5) is 0 Å². The maximum Gasteiger partial charge on any atom is 0.0708 e. The number of hydrogen-bond acceptors (Lipinski definition) is 2. The van der Waals surface area contributed by atoms with Crippen molar-refractivity contribution in [1.29, 1.82) is 0 Å². The van der Waals surface area contributed by atoms with Crippen molar-refractivity contribution in [2.75, 3.05) is 0 Å². The summed E-state index contributed by atoms with van der Waals surface area (Å²) < 4.78 is 0. The molecule has 0 N–H and O–H groups in total. The Kier molecular flexibility index (Phi) is 2.21. The third-order valence-electron chi connectivity index (χ3n) is 3.55. The highest BCUT2D eigenvalue weighted by Crippen LogP contribution is 2.26. The normalized spacial score (nSPS) is 13.7. The molecule has 2 nitrogen and oxygen atoms in total. The zero-order chi connectivity index (χ0) is 12.7. The van der Waals surface area contributed by atoms with E-state index in [0.717, 1.165) is 12.1 Å². The molecular formula is C17H12N2. The van der Waals surface area contributed by atoms with Crippen LogP contribution in [0, 0.1) is 0 Å². The van der Waals surface area contributed by atoms with Crippen LogP contribution in [-0.4, -0.2) is 11.2 Å². The first kappa shape index (κ1) is 10.4. The van der Waals surface area contributed by atoms with Gasteiger partial charge in [-0.25, -0.2) is 0 Å². The van der Waals surface area contributed by atoms with Gasteiger partial charge in [0.2, 0.25) is 0 Å². The van der Waals surface area contributed by atoms with E-state index in [0.29, 0.717) is 0 Å². The first-order valence-electron chi connectivity index (χ1n) is 6.38. The molecule has 0 radical (unpaired) electrons. The average molecular weight is 244 g/mol. The van der Waals surface area contributed by atoms with Crippen molar-refractivity contribution in [2.24, 2.45) is 4.99 Å². The van der Waals surface area contributed by atoms with Crippen LogP contribution in [0.3, 0.4) is 0 Å². The molecule has 0 amide bonds. The molecule has 1 aliphatic heterocycles. The van der Waals surface area contributed by atoms with Gasteiger partial charge in [-0.3, -0.25) is 9.98 Å². The largest absolute Gasteiger partial charge is 0.288 e. The Labute approximate surface area is 111 Å². The number of rotatable bonds is 0. The van der Waals surface area contributed by atoms with Gasteiger partial charge >= 0.3 is 0 Å². The summed E-state index contributed by atoms with van der Waals surface area (Å²) in [6.45, 7) is 0.749. The minimum atomic E-state index is 0.749. The van der Waals surface area contributed by atoms with Gasteiger partial charge in [0.15, 0.2) is 0 Å². The van der Waals surface area contributed by atoms with E-state index in [1.165, 1.54) is 27.3 Å². The molecule has 19 heavy (non-hydrogen) atoms. The minimum absolute atomic E-state index is 0.749. The Bertz CT molecular complexity index is 844. The lowest BCUT2D eigenvalue weighted by atomic mass is 9.99. The van der Waals surface area contributed by atoms with Crippen molar-refractivity contribution in [3.8, 4) is 0 Å². The van der Waals surface area contributed by atoms with E-state index >= 15 is 0 Å². The van der Waals surface area contributed by atoms with E-state index in [-0.39, 0.29) is 0 Å². The molecule has 0 aliphatic carbocycles. The summed E-state index contributed by atoms with van der Waals surface area (Å²) in [4.78, 5) is 8.77. The number of hydrogen-bond donors (Lipinski definition) is 0. The van der Waals surface area contributed by atoms with Gasteiger partial charge in [0.1, 0.15) is 0 Å². The molecule has 0 fully saturated rings. The summed E-state index contributed by atoms with van der Waals surface area (Å²) >= 11 is 0. The lowest BCUT2D eigenvalue weighted by Crippen LogP contribution is -1.88. The first-order chi connectivity index (χ1) is 9.40. The highest BCUT2D eigenvalue weighted by Gasteiger charge is 2.05. The fourth-order valence-corrected chi connectivity index (χ4v) is 2.59. The number of allylic oxidation sites excluding steroid dienone is 1. The van der Waals surface area contributed by atoms with Gasteiger partial charge in [0.25, 0.3) is 0 Å². The summed E-state index contributed by atoms with van der Waals surface area (Å²) in [5.74, 6) is 0. The van der Waals surface area contributed by atoms with Crippen molar-refractivity contribution in [3.05, 3.63) is 59.8 Å². The third-order valence-corrected chi connectivity index (χ3v) is 3.55. The van der Waals surface area contributed by atoms with E-state index < -0.39 is 0 Å².